The summed E-state index contributed by atoms with van der Waals surface area (Å²) in [5, 5.41) is 5.14. The normalized spacial score (nSPS) is 22.1. The largest absolute Gasteiger partial charge is 0.338 e. The van der Waals surface area contributed by atoms with E-state index < -0.39 is 0 Å². The van der Waals surface area contributed by atoms with Crippen molar-refractivity contribution in [2.75, 3.05) is 44.7 Å². The molecule has 4 rings (SSSR count). The number of likely N-dealkylation sites (N-methyl/N-ethyl adjacent to an activating group) is 1. The lowest BCUT2D eigenvalue weighted by Gasteiger charge is -2.35. The highest BCUT2D eigenvalue weighted by Crippen LogP contribution is 2.30. The molecule has 2 aromatic heterocycles. The van der Waals surface area contributed by atoms with Crippen LogP contribution in [-0.4, -0.2) is 76.1 Å². The van der Waals surface area contributed by atoms with Crippen molar-refractivity contribution in [2.45, 2.75) is 25.8 Å². The summed E-state index contributed by atoms with van der Waals surface area (Å²) in [4.78, 5) is 36.3. The molecular weight excluding hydrogens is 340 g/mol. The Bertz CT molecular complexity index is 854. The van der Waals surface area contributed by atoms with Crippen molar-refractivity contribution >= 4 is 27.3 Å². The average Bonchev–Trinajstić information content (AvgIpc) is 3.21. The predicted octanol–water partition coefficient (Wildman–Crippen LogP) is 0.202. The van der Waals surface area contributed by atoms with Gasteiger partial charge in [0.15, 0.2) is 0 Å². The van der Waals surface area contributed by atoms with Crippen LogP contribution >= 0.6 is 11.3 Å². The zero-order chi connectivity index (χ0) is 17.6. The van der Waals surface area contributed by atoms with E-state index in [0.717, 1.165) is 45.6 Å². The fourth-order valence-electron chi connectivity index (χ4n) is 3.52. The molecule has 9 heteroatoms. The molecule has 0 spiro atoms. The molecule has 0 N–H and O–H groups in total. The monoisotopic (exact) mass is 362 g/mol. The highest BCUT2D eigenvalue weighted by Gasteiger charge is 2.36. The maximum Gasteiger partial charge on any atom is 0.275 e. The minimum absolute atomic E-state index is 0.175. The fourth-order valence-corrected chi connectivity index (χ4v) is 4.54. The van der Waals surface area contributed by atoms with Gasteiger partial charge in [0.1, 0.15) is 6.04 Å². The van der Waals surface area contributed by atoms with Gasteiger partial charge in [-0.3, -0.25) is 9.59 Å². The van der Waals surface area contributed by atoms with E-state index in [1.807, 2.05) is 4.90 Å². The van der Waals surface area contributed by atoms with Crippen LogP contribution in [0.1, 0.15) is 18.5 Å². The fraction of sp³-hybridized carbons (Fsp3) is 0.625. The zero-order valence-electron chi connectivity index (χ0n) is 14.5. The number of amides is 1. The number of piperazine rings is 1. The van der Waals surface area contributed by atoms with Gasteiger partial charge in [-0.05, 0) is 26.8 Å². The van der Waals surface area contributed by atoms with Crippen LogP contribution in [0.3, 0.4) is 0 Å². The van der Waals surface area contributed by atoms with Crippen LogP contribution in [0, 0.1) is 6.92 Å². The van der Waals surface area contributed by atoms with Gasteiger partial charge in [0.25, 0.3) is 5.56 Å². The lowest BCUT2D eigenvalue weighted by molar-refractivity contribution is -0.134. The maximum absolute atomic E-state index is 13.0. The molecule has 2 aliphatic heterocycles. The average molecular weight is 362 g/mol. The third-order valence-electron chi connectivity index (χ3n) is 4.96. The Morgan fingerprint density at radius 1 is 1.24 bits per heavy atom. The van der Waals surface area contributed by atoms with Gasteiger partial charge in [0.05, 0.1) is 0 Å². The zero-order valence-corrected chi connectivity index (χ0v) is 15.3. The van der Waals surface area contributed by atoms with Crippen LogP contribution in [0.15, 0.2) is 10.9 Å². The number of anilines is 1. The molecule has 2 aromatic rings. The van der Waals surface area contributed by atoms with Gasteiger partial charge >= 0.3 is 0 Å². The number of aryl methyl sites for hydroxylation is 1. The highest BCUT2D eigenvalue weighted by atomic mass is 32.1. The van der Waals surface area contributed by atoms with Crippen LogP contribution in [0.4, 0.5) is 5.13 Å². The first-order valence-electron chi connectivity index (χ1n) is 8.64. The van der Waals surface area contributed by atoms with Crippen molar-refractivity contribution in [2.24, 2.45) is 0 Å². The summed E-state index contributed by atoms with van der Waals surface area (Å²) in [6.07, 6.45) is 1.80. The van der Waals surface area contributed by atoms with Crippen molar-refractivity contribution in [3.63, 3.8) is 0 Å². The first-order chi connectivity index (χ1) is 12.0. The highest BCUT2D eigenvalue weighted by molar-refractivity contribution is 7.20. The summed E-state index contributed by atoms with van der Waals surface area (Å²) in [7, 11) is 2.08. The van der Waals surface area contributed by atoms with E-state index in [2.05, 4.69) is 26.9 Å². The van der Waals surface area contributed by atoms with Crippen molar-refractivity contribution in [3.05, 3.63) is 22.1 Å². The summed E-state index contributed by atoms with van der Waals surface area (Å²) in [6, 6.07) is 1.30. The molecule has 0 aliphatic carbocycles. The van der Waals surface area contributed by atoms with Crippen molar-refractivity contribution in [1.29, 1.82) is 0 Å². The Morgan fingerprint density at radius 3 is 2.76 bits per heavy atom. The lowest BCUT2D eigenvalue weighted by Crippen LogP contribution is -2.53. The van der Waals surface area contributed by atoms with Gasteiger partial charge in [0, 0.05) is 44.5 Å². The molecule has 4 heterocycles. The van der Waals surface area contributed by atoms with Gasteiger partial charge in [-0.2, -0.15) is 4.52 Å². The van der Waals surface area contributed by atoms with E-state index in [9.17, 15) is 9.59 Å². The molecular formula is C16H22N6O2S. The topological polar surface area (TPSA) is 74.1 Å². The molecule has 8 nitrogen and oxygen atoms in total. The van der Waals surface area contributed by atoms with Crippen LogP contribution < -0.4 is 10.5 Å². The third-order valence-corrected chi connectivity index (χ3v) is 5.91. The number of hydrogen-bond donors (Lipinski definition) is 0. The van der Waals surface area contributed by atoms with E-state index in [4.69, 9.17) is 0 Å². The summed E-state index contributed by atoms with van der Waals surface area (Å²) in [5.74, 6) is 0.182. The standard InChI is InChI=1S/C16H22N6O2S/c1-11-10-13(23)22-15(17-11)25-16(18-22)21-5-3-4-12(21)14(24)20-8-6-19(2)7-9-20/h10,12H,3-9H2,1-2H3. The summed E-state index contributed by atoms with van der Waals surface area (Å²) >= 11 is 1.38. The third kappa shape index (κ3) is 3.02. The van der Waals surface area contributed by atoms with Crippen molar-refractivity contribution in [3.8, 4) is 0 Å². The second-order valence-electron chi connectivity index (χ2n) is 6.79. The molecule has 0 aromatic carbocycles. The molecule has 0 radical (unpaired) electrons. The number of carbonyl (C=O) groups excluding carboxylic acids is 1. The lowest BCUT2D eigenvalue weighted by atomic mass is 10.2. The minimum atomic E-state index is -0.180. The molecule has 25 heavy (non-hydrogen) atoms. The van der Waals surface area contributed by atoms with Crippen molar-refractivity contribution in [1.82, 2.24) is 24.4 Å². The van der Waals surface area contributed by atoms with E-state index in [1.54, 1.807) is 6.92 Å². The molecule has 1 atom stereocenters. The second-order valence-corrected chi connectivity index (χ2v) is 7.73. The molecule has 0 saturated carbocycles. The van der Waals surface area contributed by atoms with E-state index in [-0.39, 0.29) is 17.5 Å². The molecule has 2 fully saturated rings. The summed E-state index contributed by atoms with van der Waals surface area (Å²) < 4.78 is 1.34. The van der Waals surface area contributed by atoms with Gasteiger partial charge in [-0.25, -0.2) is 4.98 Å². The Balaban J connectivity index is 1.60. The molecule has 2 saturated heterocycles. The summed E-state index contributed by atoms with van der Waals surface area (Å²) in [6.45, 7) is 5.98. The van der Waals surface area contributed by atoms with Gasteiger partial charge in [-0.15, -0.1) is 5.10 Å². The van der Waals surface area contributed by atoms with Crippen LogP contribution in [0.25, 0.3) is 4.96 Å². The summed E-state index contributed by atoms with van der Waals surface area (Å²) in [5.41, 5.74) is 0.512. The predicted molar refractivity (Wildman–Crippen MR) is 96.3 cm³/mol. The Kier molecular flexibility index (Phi) is 4.20. The molecule has 134 valence electrons. The van der Waals surface area contributed by atoms with Gasteiger partial charge < -0.3 is 14.7 Å². The number of aromatic nitrogens is 3. The van der Waals surface area contributed by atoms with Gasteiger partial charge in [-0.1, -0.05) is 11.3 Å². The van der Waals surface area contributed by atoms with Crippen LogP contribution in [0.5, 0.6) is 0 Å². The van der Waals surface area contributed by atoms with E-state index in [1.165, 1.54) is 21.9 Å². The maximum atomic E-state index is 13.0. The Hall–Kier alpha value is -2.00. The van der Waals surface area contributed by atoms with Crippen molar-refractivity contribution < 1.29 is 4.79 Å². The Morgan fingerprint density at radius 2 is 2.00 bits per heavy atom. The minimum Gasteiger partial charge on any atom is -0.338 e. The number of rotatable bonds is 2. The quantitative estimate of drug-likeness (QED) is 0.760. The smallest absolute Gasteiger partial charge is 0.275 e. The number of nitrogens with zero attached hydrogens (tertiary/aromatic N) is 6. The van der Waals surface area contributed by atoms with E-state index in [0.29, 0.717) is 15.8 Å². The van der Waals surface area contributed by atoms with Crippen LogP contribution in [0.2, 0.25) is 0 Å². The molecule has 1 amide bonds. The van der Waals surface area contributed by atoms with Gasteiger partial charge in [0.2, 0.25) is 16.0 Å². The number of hydrogen-bond acceptors (Lipinski definition) is 7. The SMILES string of the molecule is Cc1cc(=O)n2nc(N3CCCC3C(=O)N3CCN(C)CC3)sc2n1. The molecule has 0 bridgehead atoms. The second kappa shape index (κ2) is 6.38. The van der Waals surface area contributed by atoms with E-state index >= 15 is 0 Å². The molecule has 1 unspecified atom stereocenters. The number of fused-ring (bicyclic) bond motifs is 1. The molecule has 2 aliphatic rings. The number of carbonyl (C=O) groups is 1. The van der Waals surface area contributed by atoms with Crippen LogP contribution in [-0.2, 0) is 4.79 Å². The first kappa shape index (κ1) is 16.5. The first-order valence-corrected chi connectivity index (χ1v) is 9.46. The Labute approximate surface area is 149 Å².